The van der Waals surface area contributed by atoms with Gasteiger partial charge in [-0.2, -0.15) is 0 Å². The highest BCUT2D eigenvalue weighted by molar-refractivity contribution is 6.31. The van der Waals surface area contributed by atoms with Crippen molar-refractivity contribution in [2.45, 2.75) is 31.7 Å². The van der Waals surface area contributed by atoms with Gasteiger partial charge in [0.25, 0.3) is 0 Å². The zero-order valence-corrected chi connectivity index (χ0v) is 17.4. The van der Waals surface area contributed by atoms with Crippen LogP contribution < -0.4 is 0 Å². The van der Waals surface area contributed by atoms with Gasteiger partial charge in [-0.05, 0) is 24.5 Å². The molecule has 6 nitrogen and oxygen atoms in total. The van der Waals surface area contributed by atoms with E-state index in [4.69, 9.17) is 16.3 Å². The molecule has 2 aliphatic rings. The second-order valence-corrected chi connectivity index (χ2v) is 7.96. The largest absolute Gasteiger partial charge is 0.468 e. The van der Waals surface area contributed by atoms with Crippen LogP contribution in [0.15, 0.2) is 24.3 Å². The molecule has 0 radical (unpaired) electrons. The van der Waals surface area contributed by atoms with Gasteiger partial charge in [-0.1, -0.05) is 42.6 Å². The van der Waals surface area contributed by atoms with Crippen LogP contribution in [-0.4, -0.2) is 79.5 Å². The molecule has 1 aromatic carbocycles. The number of rotatable bonds is 5. The Balaban J connectivity index is 1.59. The monoisotopic (exact) mass is 407 g/mol. The number of carbonyl (C=O) groups excluding carboxylic acids is 2. The Morgan fingerprint density at radius 3 is 2.25 bits per heavy atom. The highest BCUT2D eigenvalue weighted by Gasteiger charge is 2.33. The van der Waals surface area contributed by atoms with Crippen LogP contribution in [-0.2, 0) is 14.3 Å². The maximum absolute atomic E-state index is 12.6. The summed E-state index contributed by atoms with van der Waals surface area (Å²) >= 11 is 6.34. The molecular weight excluding hydrogens is 378 g/mol. The topological polar surface area (TPSA) is 53.1 Å². The number of carbonyl (C=O) groups is 2. The number of hydrogen-bond donors (Lipinski definition) is 0. The summed E-state index contributed by atoms with van der Waals surface area (Å²) in [6.45, 7) is 5.11. The molecule has 28 heavy (non-hydrogen) atoms. The fraction of sp³-hybridized carbons (Fsp3) is 0.619. The lowest BCUT2D eigenvalue weighted by atomic mass is 10.0. The SMILES string of the molecule is COC(=O)C(c1ccccc1Cl)N1CCN(CC(=O)N2CCCCCC2)CC1. The van der Waals surface area contributed by atoms with Gasteiger partial charge in [-0.25, -0.2) is 4.79 Å². The Kier molecular flexibility index (Phi) is 7.71. The molecule has 2 saturated heterocycles. The zero-order valence-electron chi connectivity index (χ0n) is 16.6. The third-order valence-electron chi connectivity index (χ3n) is 5.71. The number of halogens is 1. The number of likely N-dealkylation sites (tertiary alicyclic amines) is 1. The minimum Gasteiger partial charge on any atom is -0.468 e. The minimum absolute atomic E-state index is 0.228. The van der Waals surface area contributed by atoms with E-state index in [0.29, 0.717) is 24.7 Å². The lowest BCUT2D eigenvalue weighted by molar-refractivity contribution is -0.148. The van der Waals surface area contributed by atoms with Crippen molar-refractivity contribution in [3.8, 4) is 0 Å². The van der Waals surface area contributed by atoms with Gasteiger partial charge in [0.05, 0.1) is 13.7 Å². The fourth-order valence-corrected chi connectivity index (χ4v) is 4.31. The van der Waals surface area contributed by atoms with Crippen molar-refractivity contribution in [1.82, 2.24) is 14.7 Å². The standard InChI is InChI=1S/C21H30ClN3O3/c1-28-21(27)20(17-8-4-5-9-18(17)22)25-14-12-23(13-15-25)16-19(26)24-10-6-2-3-7-11-24/h4-5,8-9,20H,2-3,6-7,10-16H2,1H3. The summed E-state index contributed by atoms with van der Waals surface area (Å²) in [5.74, 6) is -0.0758. The van der Waals surface area contributed by atoms with E-state index in [2.05, 4.69) is 9.80 Å². The Bertz CT molecular complexity index is 669. The van der Waals surface area contributed by atoms with E-state index < -0.39 is 6.04 Å². The number of amides is 1. The van der Waals surface area contributed by atoms with Crippen LogP contribution in [0.2, 0.25) is 5.02 Å². The van der Waals surface area contributed by atoms with Crippen molar-refractivity contribution in [3.05, 3.63) is 34.9 Å². The highest BCUT2D eigenvalue weighted by Crippen LogP contribution is 2.29. The molecule has 0 saturated carbocycles. The number of ether oxygens (including phenoxy) is 1. The first kappa shape index (κ1) is 21.1. The highest BCUT2D eigenvalue weighted by atomic mass is 35.5. The molecule has 154 valence electrons. The molecule has 2 aliphatic heterocycles. The number of hydrogen-bond acceptors (Lipinski definition) is 5. The first-order valence-electron chi connectivity index (χ1n) is 10.2. The van der Waals surface area contributed by atoms with Gasteiger partial charge in [-0.15, -0.1) is 0 Å². The smallest absolute Gasteiger partial charge is 0.327 e. The molecule has 0 aromatic heterocycles. The third-order valence-corrected chi connectivity index (χ3v) is 6.06. The summed E-state index contributed by atoms with van der Waals surface area (Å²) in [6, 6.07) is 6.89. The Morgan fingerprint density at radius 2 is 1.64 bits per heavy atom. The van der Waals surface area contributed by atoms with Gasteiger partial charge >= 0.3 is 5.97 Å². The first-order valence-corrected chi connectivity index (χ1v) is 10.5. The minimum atomic E-state index is -0.512. The molecule has 2 heterocycles. The number of methoxy groups -OCH3 is 1. The van der Waals surface area contributed by atoms with Crippen LogP contribution in [0.5, 0.6) is 0 Å². The average Bonchev–Trinajstić information content (AvgIpc) is 3.00. The van der Waals surface area contributed by atoms with Crippen LogP contribution in [0, 0.1) is 0 Å². The lowest BCUT2D eigenvalue weighted by Gasteiger charge is -2.38. The summed E-state index contributed by atoms with van der Waals surface area (Å²) in [5, 5.41) is 0.566. The summed E-state index contributed by atoms with van der Waals surface area (Å²) in [7, 11) is 1.41. The van der Waals surface area contributed by atoms with E-state index in [-0.39, 0.29) is 11.9 Å². The molecule has 0 spiro atoms. The van der Waals surface area contributed by atoms with Crippen molar-refractivity contribution in [3.63, 3.8) is 0 Å². The summed E-state index contributed by atoms with van der Waals surface area (Å²) < 4.78 is 5.04. The normalized spacial score (nSPS) is 20.4. The fourth-order valence-electron chi connectivity index (χ4n) is 4.07. The Labute approximate surface area is 172 Å². The second-order valence-electron chi connectivity index (χ2n) is 7.55. The molecule has 1 unspecified atom stereocenters. The van der Waals surface area contributed by atoms with Gasteiger partial charge in [0.15, 0.2) is 0 Å². The zero-order chi connectivity index (χ0) is 19.9. The van der Waals surface area contributed by atoms with E-state index in [1.54, 1.807) is 6.07 Å². The number of piperazine rings is 1. The molecule has 7 heteroatoms. The van der Waals surface area contributed by atoms with Crippen LogP contribution in [0.25, 0.3) is 0 Å². The molecule has 0 bridgehead atoms. The van der Waals surface area contributed by atoms with Crippen LogP contribution in [0.1, 0.15) is 37.3 Å². The Morgan fingerprint density at radius 1 is 1.00 bits per heavy atom. The van der Waals surface area contributed by atoms with E-state index in [1.165, 1.54) is 20.0 Å². The molecule has 1 amide bonds. The average molecular weight is 408 g/mol. The van der Waals surface area contributed by atoms with E-state index in [9.17, 15) is 9.59 Å². The summed E-state index contributed by atoms with van der Waals surface area (Å²) in [4.78, 5) is 31.4. The van der Waals surface area contributed by atoms with E-state index >= 15 is 0 Å². The molecule has 1 atom stereocenters. The first-order chi connectivity index (χ1) is 13.6. The van der Waals surface area contributed by atoms with Crippen molar-refractivity contribution < 1.29 is 14.3 Å². The number of esters is 1. The quantitative estimate of drug-likeness (QED) is 0.702. The van der Waals surface area contributed by atoms with Crippen LogP contribution in [0.4, 0.5) is 0 Å². The summed E-state index contributed by atoms with van der Waals surface area (Å²) in [6.07, 6.45) is 4.66. The van der Waals surface area contributed by atoms with Crippen molar-refractivity contribution >= 4 is 23.5 Å². The lowest BCUT2D eigenvalue weighted by Crippen LogP contribution is -2.52. The van der Waals surface area contributed by atoms with E-state index in [0.717, 1.165) is 44.6 Å². The molecule has 3 rings (SSSR count). The van der Waals surface area contributed by atoms with Gasteiger partial charge < -0.3 is 9.64 Å². The van der Waals surface area contributed by atoms with Gasteiger partial charge in [0, 0.05) is 44.3 Å². The second kappa shape index (κ2) is 10.2. The van der Waals surface area contributed by atoms with Gasteiger partial charge in [-0.3, -0.25) is 14.6 Å². The predicted octanol–water partition coefficient (Wildman–Crippen LogP) is 2.57. The molecule has 2 fully saturated rings. The van der Waals surface area contributed by atoms with E-state index in [1.807, 2.05) is 23.1 Å². The molecule has 0 aliphatic carbocycles. The van der Waals surface area contributed by atoms with Gasteiger partial charge in [0.1, 0.15) is 6.04 Å². The maximum Gasteiger partial charge on any atom is 0.327 e. The Hall–Kier alpha value is -1.63. The van der Waals surface area contributed by atoms with Crippen molar-refractivity contribution in [2.75, 3.05) is 52.9 Å². The van der Waals surface area contributed by atoms with Crippen molar-refractivity contribution in [2.24, 2.45) is 0 Å². The van der Waals surface area contributed by atoms with Crippen LogP contribution in [0.3, 0.4) is 0 Å². The van der Waals surface area contributed by atoms with Gasteiger partial charge in [0.2, 0.25) is 5.91 Å². The molecular formula is C21H30ClN3O3. The molecule has 1 aromatic rings. The van der Waals surface area contributed by atoms with Crippen LogP contribution >= 0.6 is 11.6 Å². The number of nitrogens with zero attached hydrogens (tertiary/aromatic N) is 3. The molecule has 0 N–H and O–H groups in total. The number of benzene rings is 1. The predicted molar refractivity (Wildman–Crippen MR) is 109 cm³/mol. The maximum atomic E-state index is 12.6. The third kappa shape index (κ3) is 5.25. The van der Waals surface area contributed by atoms with Crippen molar-refractivity contribution in [1.29, 1.82) is 0 Å². The summed E-state index contributed by atoms with van der Waals surface area (Å²) in [5.41, 5.74) is 0.769.